The fourth-order valence-electron chi connectivity index (χ4n) is 3.23. The molecule has 0 fully saturated rings. The van der Waals surface area contributed by atoms with E-state index in [1.807, 2.05) is 0 Å². The van der Waals surface area contributed by atoms with Crippen molar-refractivity contribution in [3.63, 3.8) is 0 Å². The molecule has 0 radical (unpaired) electrons. The normalized spacial score (nSPS) is 17.6. The SMILES string of the molecule is CC1c2c(C(F)(F)F)csc2CCN1C(=O)c1cc2ncc(Br)cn2n1. The molecule has 1 unspecified atom stereocenters. The summed E-state index contributed by atoms with van der Waals surface area (Å²) in [6.45, 7) is 1.98. The fraction of sp³-hybridized carbons (Fsp3) is 0.312. The first kappa shape index (κ1) is 17.5. The zero-order valence-corrected chi connectivity index (χ0v) is 15.8. The molecule has 5 nitrogen and oxygen atoms in total. The number of rotatable bonds is 1. The van der Waals surface area contributed by atoms with Gasteiger partial charge >= 0.3 is 6.18 Å². The molecule has 0 aliphatic carbocycles. The number of nitrogens with zero attached hydrogens (tertiary/aromatic N) is 4. The van der Waals surface area contributed by atoms with Crippen LogP contribution in [0.3, 0.4) is 0 Å². The number of hydrogen-bond donors (Lipinski definition) is 0. The Bertz CT molecular complexity index is 1010. The van der Waals surface area contributed by atoms with Gasteiger partial charge in [0.2, 0.25) is 0 Å². The quantitative estimate of drug-likeness (QED) is 0.561. The fourth-order valence-corrected chi connectivity index (χ4v) is 4.67. The van der Waals surface area contributed by atoms with Crippen molar-refractivity contribution in [3.8, 4) is 0 Å². The number of aromatic nitrogens is 3. The molecule has 1 aliphatic rings. The molecule has 0 spiro atoms. The van der Waals surface area contributed by atoms with Gasteiger partial charge in [-0.15, -0.1) is 11.3 Å². The summed E-state index contributed by atoms with van der Waals surface area (Å²) >= 11 is 4.39. The van der Waals surface area contributed by atoms with Crippen LogP contribution in [-0.4, -0.2) is 31.9 Å². The predicted molar refractivity (Wildman–Crippen MR) is 93.2 cm³/mol. The first-order valence-electron chi connectivity index (χ1n) is 7.75. The molecule has 4 heterocycles. The van der Waals surface area contributed by atoms with Gasteiger partial charge in [-0.25, -0.2) is 9.50 Å². The third-order valence-electron chi connectivity index (χ3n) is 4.44. The van der Waals surface area contributed by atoms with Crippen molar-refractivity contribution in [1.29, 1.82) is 0 Å². The van der Waals surface area contributed by atoms with E-state index in [9.17, 15) is 18.0 Å². The summed E-state index contributed by atoms with van der Waals surface area (Å²) in [5.74, 6) is -0.399. The lowest BCUT2D eigenvalue weighted by molar-refractivity contribution is -0.138. The first-order chi connectivity index (χ1) is 12.3. The van der Waals surface area contributed by atoms with Gasteiger partial charge in [-0.05, 0) is 29.3 Å². The highest BCUT2D eigenvalue weighted by molar-refractivity contribution is 9.10. The predicted octanol–water partition coefficient (Wildman–Crippen LogP) is 4.33. The largest absolute Gasteiger partial charge is 0.417 e. The van der Waals surface area contributed by atoms with Crippen LogP contribution in [0.2, 0.25) is 0 Å². The molecule has 1 amide bonds. The Balaban J connectivity index is 1.70. The number of carbonyl (C=O) groups excluding carboxylic acids is 1. The van der Waals surface area contributed by atoms with Crippen LogP contribution in [0.1, 0.15) is 39.5 Å². The molecule has 3 aromatic rings. The third-order valence-corrected chi connectivity index (χ3v) is 5.91. The summed E-state index contributed by atoms with van der Waals surface area (Å²) in [6, 6.07) is 0.869. The van der Waals surface area contributed by atoms with Crippen LogP contribution in [0, 0.1) is 0 Å². The second-order valence-corrected chi connectivity index (χ2v) is 7.89. The summed E-state index contributed by atoms with van der Waals surface area (Å²) in [6.07, 6.45) is -0.771. The van der Waals surface area contributed by atoms with Gasteiger partial charge in [-0.3, -0.25) is 4.79 Å². The highest BCUT2D eigenvalue weighted by Crippen LogP contribution is 2.43. The molecule has 0 N–H and O–H groups in total. The van der Waals surface area contributed by atoms with Crippen molar-refractivity contribution in [2.45, 2.75) is 25.6 Å². The van der Waals surface area contributed by atoms with E-state index in [-0.39, 0.29) is 11.3 Å². The highest BCUT2D eigenvalue weighted by atomic mass is 79.9. The zero-order chi connectivity index (χ0) is 18.6. The van der Waals surface area contributed by atoms with Gasteiger partial charge < -0.3 is 4.90 Å². The maximum Gasteiger partial charge on any atom is 0.417 e. The molecule has 0 saturated heterocycles. The van der Waals surface area contributed by atoms with Crippen molar-refractivity contribution in [1.82, 2.24) is 19.5 Å². The van der Waals surface area contributed by atoms with E-state index in [2.05, 4.69) is 26.0 Å². The number of hydrogen-bond acceptors (Lipinski definition) is 4. The van der Waals surface area contributed by atoms with Crippen molar-refractivity contribution in [2.24, 2.45) is 0 Å². The Kier molecular flexibility index (Phi) is 4.07. The van der Waals surface area contributed by atoms with Gasteiger partial charge in [0, 0.05) is 40.8 Å². The van der Waals surface area contributed by atoms with Crippen LogP contribution in [-0.2, 0) is 12.6 Å². The van der Waals surface area contributed by atoms with Crippen LogP contribution < -0.4 is 0 Å². The molecule has 0 bridgehead atoms. The van der Waals surface area contributed by atoms with Gasteiger partial charge in [0.1, 0.15) is 0 Å². The van der Waals surface area contributed by atoms with E-state index < -0.39 is 23.7 Å². The number of carbonyl (C=O) groups is 1. The van der Waals surface area contributed by atoms with Gasteiger partial charge in [-0.2, -0.15) is 18.3 Å². The van der Waals surface area contributed by atoms with E-state index in [1.165, 1.54) is 15.5 Å². The maximum absolute atomic E-state index is 13.3. The number of amides is 1. The lowest BCUT2D eigenvalue weighted by Crippen LogP contribution is -2.39. The standard InChI is InChI=1S/C16H12BrF3N4OS/c1-8-14-10(16(18,19)20)7-26-12(14)2-3-23(8)15(25)11-4-13-21-5-9(17)6-24(13)22-11/h4-8H,2-3H2,1H3. The van der Waals surface area contributed by atoms with Crippen LogP contribution >= 0.6 is 27.3 Å². The smallest absolute Gasteiger partial charge is 0.330 e. The van der Waals surface area contributed by atoms with Crippen molar-refractivity contribution in [2.75, 3.05) is 6.54 Å². The minimum atomic E-state index is -4.43. The summed E-state index contributed by atoms with van der Waals surface area (Å²) in [5, 5.41) is 5.35. The van der Waals surface area contributed by atoms with Gasteiger partial charge in [0.15, 0.2) is 11.3 Å². The van der Waals surface area contributed by atoms with Crippen molar-refractivity contribution in [3.05, 3.63) is 50.0 Å². The summed E-state index contributed by atoms with van der Waals surface area (Å²) in [7, 11) is 0. The first-order valence-corrected chi connectivity index (χ1v) is 9.42. The van der Waals surface area contributed by atoms with Crippen LogP contribution in [0.5, 0.6) is 0 Å². The molecular formula is C16H12BrF3N4OS. The second kappa shape index (κ2) is 6.05. The van der Waals surface area contributed by atoms with Crippen molar-refractivity contribution < 1.29 is 18.0 Å². The molecule has 0 aromatic carbocycles. The van der Waals surface area contributed by atoms with Gasteiger partial charge in [0.05, 0.1) is 16.1 Å². The second-order valence-electron chi connectivity index (χ2n) is 6.01. The lowest BCUT2D eigenvalue weighted by atomic mass is 9.96. The van der Waals surface area contributed by atoms with Gasteiger partial charge in [-0.1, -0.05) is 0 Å². The molecule has 1 aliphatic heterocycles. The monoisotopic (exact) mass is 444 g/mol. The average molecular weight is 445 g/mol. The topological polar surface area (TPSA) is 50.5 Å². The lowest BCUT2D eigenvalue weighted by Gasteiger charge is -2.34. The molecule has 26 heavy (non-hydrogen) atoms. The Labute approximate surface area is 158 Å². The summed E-state index contributed by atoms with van der Waals surface area (Å²) < 4.78 is 42.0. The Morgan fingerprint density at radius 1 is 1.42 bits per heavy atom. The molecule has 0 saturated carbocycles. The third kappa shape index (κ3) is 2.81. The number of thiophene rings is 1. The molecular weight excluding hydrogens is 433 g/mol. The molecule has 1 atom stereocenters. The number of alkyl halides is 3. The average Bonchev–Trinajstić information content (AvgIpc) is 3.17. The number of fused-ring (bicyclic) bond motifs is 2. The minimum Gasteiger partial charge on any atom is -0.330 e. The van der Waals surface area contributed by atoms with E-state index in [0.29, 0.717) is 28.0 Å². The van der Waals surface area contributed by atoms with E-state index in [4.69, 9.17) is 0 Å². The Morgan fingerprint density at radius 3 is 2.92 bits per heavy atom. The van der Waals surface area contributed by atoms with E-state index in [0.717, 1.165) is 16.7 Å². The summed E-state index contributed by atoms with van der Waals surface area (Å²) in [4.78, 5) is 19.2. The van der Waals surface area contributed by atoms with Crippen LogP contribution in [0.4, 0.5) is 13.2 Å². The van der Waals surface area contributed by atoms with E-state index >= 15 is 0 Å². The molecule has 4 rings (SSSR count). The summed E-state index contributed by atoms with van der Waals surface area (Å²) in [5.41, 5.74) is 0.206. The highest BCUT2D eigenvalue weighted by Gasteiger charge is 2.41. The Morgan fingerprint density at radius 2 is 2.19 bits per heavy atom. The number of halogens is 4. The molecule has 3 aromatic heterocycles. The van der Waals surface area contributed by atoms with Crippen LogP contribution in [0.15, 0.2) is 28.3 Å². The minimum absolute atomic E-state index is 0.162. The Hall–Kier alpha value is -1.94. The van der Waals surface area contributed by atoms with Crippen molar-refractivity contribution >= 4 is 38.8 Å². The maximum atomic E-state index is 13.3. The van der Waals surface area contributed by atoms with Gasteiger partial charge in [0.25, 0.3) is 5.91 Å². The molecule has 136 valence electrons. The van der Waals surface area contributed by atoms with Crippen LogP contribution in [0.25, 0.3) is 5.65 Å². The molecule has 10 heteroatoms. The van der Waals surface area contributed by atoms with E-state index in [1.54, 1.807) is 19.3 Å². The zero-order valence-electron chi connectivity index (χ0n) is 13.4.